The van der Waals surface area contributed by atoms with Gasteiger partial charge in [-0.3, -0.25) is 19.5 Å². The highest BCUT2D eigenvalue weighted by Crippen LogP contribution is 2.44. The third-order valence-corrected chi connectivity index (χ3v) is 6.23. The minimum atomic E-state index is -0.966. The number of amides is 3. The molecule has 0 aliphatic carbocycles. The zero-order chi connectivity index (χ0) is 21.3. The monoisotopic (exact) mass is 400 g/mol. The molecule has 2 aliphatic heterocycles. The van der Waals surface area contributed by atoms with E-state index in [1.54, 1.807) is 4.90 Å². The predicted octanol–water partition coefficient (Wildman–Crippen LogP) is -0.793. The van der Waals surface area contributed by atoms with Gasteiger partial charge in [-0.15, -0.1) is 0 Å². The molecule has 0 saturated carbocycles. The van der Waals surface area contributed by atoms with Crippen LogP contribution in [0.1, 0.15) is 40.5 Å². The van der Waals surface area contributed by atoms with Gasteiger partial charge in [-0.05, 0) is 47.6 Å². The number of nitrogens with one attached hydrogen (secondary N) is 1. The maximum atomic E-state index is 13.3. The molecule has 1 unspecified atom stereocenters. The number of aliphatic hydroxyl groups is 3. The van der Waals surface area contributed by atoms with E-state index in [-0.39, 0.29) is 43.3 Å². The summed E-state index contributed by atoms with van der Waals surface area (Å²) in [5.41, 5.74) is -1.52. The number of urea groups is 1. The molecule has 9 nitrogen and oxygen atoms in total. The van der Waals surface area contributed by atoms with Crippen LogP contribution in [-0.4, -0.2) is 111 Å². The van der Waals surface area contributed by atoms with E-state index in [4.69, 9.17) is 10.2 Å². The van der Waals surface area contributed by atoms with Gasteiger partial charge in [0, 0.05) is 30.7 Å². The van der Waals surface area contributed by atoms with Crippen LogP contribution in [0.5, 0.6) is 0 Å². The Labute approximate surface area is 167 Å². The maximum Gasteiger partial charge on any atom is 0.325 e. The molecule has 9 heteroatoms. The van der Waals surface area contributed by atoms with Crippen LogP contribution in [0.3, 0.4) is 0 Å². The summed E-state index contributed by atoms with van der Waals surface area (Å²) in [6, 6.07) is -0.476. The Morgan fingerprint density at radius 3 is 2.04 bits per heavy atom. The molecule has 28 heavy (non-hydrogen) atoms. The SMILES string of the molecule is CN1C(C)(C)CC2(CC1(C)C)NC(=O)N(CC(O)CN(CCO)CCO)C2=O. The molecule has 1 spiro atoms. The number of likely N-dealkylation sites (tertiary alicyclic amines) is 1. The normalized spacial score (nSPS) is 24.8. The Balaban J connectivity index is 2.13. The van der Waals surface area contributed by atoms with Crippen LogP contribution in [0.25, 0.3) is 0 Å². The van der Waals surface area contributed by atoms with Gasteiger partial charge in [0.15, 0.2) is 0 Å². The van der Waals surface area contributed by atoms with E-state index in [2.05, 4.69) is 37.9 Å². The standard InChI is InChI=1S/C19H36N4O5/c1-17(2)12-19(13-18(3,4)21(17)5)15(27)23(16(28)20-19)11-14(26)10-22(6-8-24)7-9-25/h14,24-26H,6-13H2,1-5H3,(H,20,28). The Morgan fingerprint density at radius 2 is 1.57 bits per heavy atom. The maximum absolute atomic E-state index is 13.3. The van der Waals surface area contributed by atoms with Crippen molar-refractivity contribution < 1.29 is 24.9 Å². The number of piperidine rings is 1. The van der Waals surface area contributed by atoms with Gasteiger partial charge in [0.05, 0.1) is 25.9 Å². The van der Waals surface area contributed by atoms with Gasteiger partial charge in [-0.1, -0.05) is 0 Å². The van der Waals surface area contributed by atoms with Crippen LogP contribution in [0.15, 0.2) is 0 Å². The fourth-order valence-corrected chi connectivity index (χ4v) is 4.82. The number of nitrogens with zero attached hydrogens (tertiary/aromatic N) is 3. The Morgan fingerprint density at radius 1 is 1.07 bits per heavy atom. The average molecular weight is 401 g/mol. The van der Waals surface area contributed by atoms with Crippen molar-refractivity contribution in [2.75, 3.05) is 46.4 Å². The number of rotatable bonds is 8. The lowest BCUT2D eigenvalue weighted by Crippen LogP contribution is -2.68. The molecule has 0 aromatic carbocycles. The second-order valence-electron chi connectivity index (χ2n) is 9.37. The molecule has 2 saturated heterocycles. The molecular formula is C19H36N4O5. The van der Waals surface area contributed by atoms with Crippen molar-refractivity contribution in [3.8, 4) is 0 Å². The van der Waals surface area contributed by atoms with Gasteiger partial charge in [-0.2, -0.15) is 0 Å². The number of hydrogen-bond acceptors (Lipinski definition) is 7. The molecule has 0 radical (unpaired) electrons. The number of carbonyl (C=O) groups excluding carboxylic acids is 2. The second kappa shape index (κ2) is 8.23. The van der Waals surface area contributed by atoms with Crippen molar-refractivity contribution in [1.29, 1.82) is 0 Å². The quantitative estimate of drug-likeness (QED) is 0.395. The van der Waals surface area contributed by atoms with Crippen LogP contribution >= 0.6 is 0 Å². The molecular weight excluding hydrogens is 364 g/mol. The highest BCUT2D eigenvalue weighted by Gasteiger charge is 2.60. The van der Waals surface area contributed by atoms with Crippen LogP contribution in [0.4, 0.5) is 4.79 Å². The lowest BCUT2D eigenvalue weighted by Gasteiger charge is -2.56. The second-order valence-corrected chi connectivity index (χ2v) is 9.37. The van der Waals surface area contributed by atoms with Gasteiger partial charge in [0.1, 0.15) is 5.54 Å². The summed E-state index contributed by atoms with van der Waals surface area (Å²) >= 11 is 0. The summed E-state index contributed by atoms with van der Waals surface area (Å²) in [7, 11) is 2.03. The fraction of sp³-hybridized carbons (Fsp3) is 0.895. The Kier molecular flexibility index (Phi) is 6.77. The molecule has 3 amide bonds. The molecule has 0 aromatic heterocycles. The van der Waals surface area contributed by atoms with E-state index >= 15 is 0 Å². The topological polar surface area (TPSA) is 117 Å². The van der Waals surface area contributed by atoms with E-state index in [1.165, 1.54) is 0 Å². The zero-order valence-corrected chi connectivity index (χ0v) is 17.7. The van der Waals surface area contributed by atoms with Crippen LogP contribution < -0.4 is 5.32 Å². The summed E-state index contributed by atoms with van der Waals surface area (Å²) in [5, 5.41) is 31.5. The summed E-state index contributed by atoms with van der Waals surface area (Å²) in [5.74, 6) is -0.290. The van der Waals surface area contributed by atoms with Crippen molar-refractivity contribution in [3.63, 3.8) is 0 Å². The third-order valence-electron chi connectivity index (χ3n) is 6.23. The lowest BCUT2D eigenvalue weighted by molar-refractivity contribution is -0.140. The summed E-state index contributed by atoms with van der Waals surface area (Å²) in [6.45, 7) is 8.70. The van der Waals surface area contributed by atoms with Crippen LogP contribution in [0, 0.1) is 0 Å². The minimum absolute atomic E-state index is 0.101. The third kappa shape index (κ3) is 4.49. The van der Waals surface area contributed by atoms with Gasteiger partial charge in [0.25, 0.3) is 5.91 Å². The highest BCUT2D eigenvalue weighted by molar-refractivity contribution is 6.07. The first-order valence-corrected chi connectivity index (χ1v) is 9.89. The van der Waals surface area contributed by atoms with Crippen molar-refractivity contribution in [3.05, 3.63) is 0 Å². The molecule has 0 bridgehead atoms. The first kappa shape index (κ1) is 23.0. The van der Waals surface area contributed by atoms with Gasteiger partial charge >= 0.3 is 6.03 Å². The molecule has 162 valence electrons. The highest BCUT2D eigenvalue weighted by atomic mass is 16.3. The van der Waals surface area contributed by atoms with E-state index < -0.39 is 17.7 Å². The average Bonchev–Trinajstić information content (AvgIpc) is 2.76. The molecule has 2 heterocycles. The van der Waals surface area contributed by atoms with Crippen molar-refractivity contribution in [2.45, 2.75) is 63.3 Å². The van der Waals surface area contributed by atoms with Crippen molar-refractivity contribution >= 4 is 11.9 Å². The Bertz CT molecular complexity index is 571. The van der Waals surface area contributed by atoms with E-state index in [9.17, 15) is 14.7 Å². The fourth-order valence-electron chi connectivity index (χ4n) is 4.82. The summed E-state index contributed by atoms with van der Waals surface area (Å²) in [4.78, 5) is 30.9. The van der Waals surface area contributed by atoms with Gasteiger partial charge in [0.2, 0.25) is 0 Å². The molecule has 2 fully saturated rings. The smallest absolute Gasteiger partial charge is 0.325 e. The summed E-state index contributed by atoms with van der Waals surface area (Å²) in [6.07, 6.45) is 0.0338. The zero-order valence-electron chi connectivity index (χ0n) is 17.7. The molecule has 1 atom stereocenters. The van der Waals surface area contributed by atoms with E-state index in [1.807, 2.05) is 7.05 Å². The summed E-state index contributed by atoms with van der Waals surface area (Å²) < 4.78 is 0. The number of imide groups is 1. The lowest BCUT2D eigenvalue weighted by atomic mass is 9.69. The number of β-amino-alcohol motifs (C(OH)–C–C–N with tert-alkyl or cyclic N) is 1. The minimum Gasteiger partial charge on any atom is -0.395 e. The van der Waals surface area contributed by atoms with Gasteiger partial charge < -0.3 is 20.6 Å². The Hall–Kier alpha value is -1.26. The van der Waals surface area contributed by atoms with E-state index in [0.717, 1.165) is 4.90 Å². The largest absolute Gasteiger partial charge is 0.395 e. The molecule has 2 rings (SSSR count). The first-order chi connectivity index (χ1) is 12.9. The molecule has 0 aromatic rings. The van der Waals surface area contributed by atoms with Crippen LogP contribution in [0.2, 0.25) is 0 Å². The van der Waals surface area contributed by atoms with E-state index in [0.29, 0.717) is 25.9 Å². The van der Waals surface area contributed by atoms with Crippen molar-refractivity contribution in [1.82, 2.24) is 20.0 Å². The molecule has 4 N–H and O–H groups in total. The van der Waals surface area contributed by atoms with Crippen molar-refractivity contribution in [2.24, 2.45) is 0 Å². The number of aliphatic hydroxyl groups excluding tert-OH is 3. The predicted molar refractivity (Wildman–Crippen MR) is 105 cm³/mol. The van der Waals surface area contributed by atoms with Gasteiger partial charge in [-0.25, -0.2) is 4.79 Å². The van der Waals surface area contributed by atoms with Crippen LogP contribution in [-0.2, 0) is 4.79 Å². The molecule has 2 aliphatic rings. The number of hydrogen-bond donors (Lipinski definition) is 4. The first-order valence-electron chi connectivity index (χ1n) is 9.89. The number of carbonyl (C=O) groups is 2.